The van der Waals surface area contributed by atoms with Gasteiger partial charge in [0, 0.05) is 18.8 Å². The summed E-state index contributed by atoms with van der Waals surface area (Å²) >= 11 is 0. The molecule has 0 fully saturated rings. The van der Waals surface area contributed by atoms with E-state index in [1.54, 1.807) is 12.3 Å². The van der Waals surface area contributed by atoms with Gasteiger partial charge >= 0.3 is 6.36 Å². The maximum Gasteiger partial charge on any atom is 0.573 e. The fraction of sp³-hybridized carbons (Fsp3) is 0.267. The molecule has 1 aromatic heterocycles. The molecule has 0 aliphatic rings. The molecule has 0 unspecified atom stereocenters. The average molecular weight is 296 g/mol. The number of nitrogens with zero attached hydrogens (tertiary/aromatic N) is 1. The normalized spacial score (nSPS) is 13.0. The highest BCUT2D eigenvalue weighted by Gasteiger charge is 2.31. The lowest BCUT2D eigenvalue weighted by molar-refractivity contribution is -0.274. The van der Waals surface area contributed by atoms with E-state index in [-0.39, 0.29) is 11.8 Å². The molecule has 21 heavy (non-hydrogen) atoms. The third-order valence-corrected chi connectivity index (χ3v) is 2.88. The maximum absolute atomic E-state index is 12.2. The Balaban J connectivity index is 1.96. The molecule has 0 aliphatic carbocycles. The van der Waals surface area contributed by atoms with E-state index in [0.717, 1.165) is 5.69 Å². The van der Waals surface area contributed by atoms with Crippen LogP contribution in [-0.2, 0) is 6.54 Å². The molecule has 0 radical (unpaired) electrons. The van der Waals surface area contributed by atoms with E-state index in [9.17, 15) is 13.2 Å². The minimum atomic E-state index is -4.67. The van der Waals surface area contributed by atoms with Crippen molar-refractivity contribution in [3.63, 3.8) is 0 Å². The second-order valence-electron chi connectivity index (χ2n) is 4.55. The van der Waals surface area contributed by atoms with Gasteiger partial charge in [-0.3, -0.25) is 4.98 Å². The highest BCUT2D eigenvalue weighted by Crippen LogP contribution is 2.23. The van der Waals surface area contributed by atoms with Crippen LogP contribution in [0.15, 0.2) is 48.7 Å². The molecule has 0 spiro atoms. The fourth-order valence-electron chi connectivity index (χ4n) is 1.86. The lowest BCUT2D eigenvalue weighted by atomic mass is 10.1. The number of nitrogens with one attached hydrogen (secondary N) is 1. The Morgan fingerprint density at radius 3 is 2.67 bits per heavy atom. The number of aromatic nitrogens is 1. The lowest BCUT2D eigenvalue weighted by Crippen LogP contribution is -2.19. The first-order valence-electron chi connectivity index (χ1n) is 6.43. The lowest BCUT2D eigenvalue weighted by Gasteiger charge is -2.14. The Morgan fingerprint density at radius 1 is 1.19 bits per heavy atom. The summed E-state index contributed by atoms with van der Waals surface area (Å²) in [5, 5.41) is 3.21. The van der Waals surface area contributed by atoms with Gasteiger partial charge in [0.05, 0.1) is 5.69 Å². The Labute approximate surface area is 120 Å². The number of hydrogen-bond acceptors (Lipinski definition) is 3. The zero-order valence-electron chi connectivity index (χ0n) is 11.4. The topological polar surface area (TPSA) is 34.1 Å². The molecular weight excluding hydrogens is 281 g/mol. The molecule has 0 saturated carbocycles. The van der Waals surface area contributed by atoms with Crippen molar-refractivity contribution in [1.29, 1.82) is 0 Å². The molecule has 6 heteroatoms. The van der Waals surface area contributed by atoms with E-state index in [1.165, 1.54) is 18.2 Å². The molecule has 0 amide bonds. The quantitative estimate of drug-likeness (QED) is 0.910. The van der Waals surface area contributed by atoms with Crippen LogP contribution in [0.1, 0.15) is 24.2 Å². The van der Waals surface area contributed by atoms with Gasteiger partial charge in [-0.15, -0.1) is 13.2 Å². The SMILES string of the molecule is C[C@H](NCc1cccc(OC(F)(F)F)c1)c1ccccn1. The van der Waals surface area contributed by atoms with E-state index < -0.39 is 6.36 Å². The van der Waals surface area contributed by atoms with Gasteiger partial charge in [-0.1, -0.05) is 18.2 Å². The summed E-state index contributed by atoms with van der Waals surface area (Å²) in [4.78, 5) is 4.22. The summed E-state index contributed by atoms with van der Waals surface area (Å²) in [5.41, 5.74) is 1.58. The minimum Gasteiger partial charge on any atom is -0.406 e. The zero-order chi connectivity index (χ0) is 15.3. The molecule has 2 aromatic rings. The summed E-state index contributed by atoms with van der Waals surface area (Å²) in [6.07, 6.45) is -2.97. The van der Waals surface area contributed by atoms with Crippen molar-refractivity contribution in [3.05, 3.63) is 59.9 Å². The zero-order valence-corrected chi connectivity index (χ0v) is 11.4. The van der Waals surface area contributed by atoms with Crippen LogP contribution in [0.4, 0.5) is 13.2 Å². The van der Waals surface area contributed by atoms with Gasteiger partial charge in [-0.25, -0.2) is 0 Å². The predicted octanol–water partition coefficient (Wildman–Crippen LogP) is 3.83. The molecule has 0 aliphatic heterocycles. The molecule has 112 valence electrons. The summed E-state index contributed by atoms with van der Waals surface area (Å²) in [6, 6.07) is 11.5. The van der Waals surface area contributed by atoms with Crippen molar-refractivity contribution < 1.29 is 17.9 Å². The molecule has 1 heterocycles. The van der Waals surface area contributed by atoms with Gasteiger partial charge in [-0.2, -0.15) is 0 Å². The third-order valence-electron chi connectivity index (χ3n) is 2.88. The first-order valence-corrected chi connectivity index (χ1v) is 6.43. The van der Waals surface area contributed by atoms with Gasteiger partial charge in [0.25, 0.3) is 0 Å². The third kappa shape index (κ3) is 5.07. The van der Waals surface area contributed by atoms with Crippen LogP contribution in [0.25, 0.3) is 0 Å². The number of benzene rings is 1. The van der Waals surface area contributed by atoms with Crippen LogP contribution >= 0.6 is 0 Å². The number of ether oxygens (including phenoxy) is 1. The predicted molar refractivity (Wildman–Crippen MR) is 72.6 cm³/mol. The standard InChI is InChI=1S/C15H15F3N2O/c1-11(14-7-2-3-8-19-14)20-10-12-5-4-6-13(9-12)21-15(16,17)18/h2-9,11,20H,10H2,1H3/t11-/m0/s1. The van der Waals surface area contributed by atoms with E-state index in [2.05, 4.69) is 15.0 Å². The Morgan fingerprint density at radius 2 is 2.00 bits per heavy atom. The number of halogens is 3. The van der Waals surface area contributed by atoms with Gasteiger partial charge in [0.1, 0.15) is 5.75 Å². The minimum absolute atomic E-state index is 0.00149. The van der Waals surface area contributed by atoms with Gasteiger partial charge in [0.15, 0.2) is 0 Å². The maximum atomic E-state index is 12.2. The monoisotopic (exact) mass is 296 g/mol. The fourth-order valence-corrected chi connectivity index (χ4v) is 1.86. The molecule has 3 nitrogen and oxygen atoms in total. The van der Waals surface area contributed by atoms with Crippen molar-refractivity contribution in [3.8, 4) is 5.75 Å². The molecule has 0 bridgehead atoms. The average Bonchev–Trinajstić information content (AvgIpc) is 2.44. The number of rotatable bonds is 5. The first kappa shape index (κ1) is 15.3. The largest absolute Gasteiger partial charge is 0.573 e. The van der Waals surface area contributed by atoms with Crippen LogP contribution in [0.5, 0.6) is 5.75 Å². The van der Waals surface area contributed by atoms with Crippen LogP contribution in [0.2, 0.25) is 0 Å². The van der Waals surface area contributed by atoms with Crippen molar-refractivity contribution in [2.75, 3.05) is 0 Å². The summed E-state index contributed by atoms with van der Waals surface area (Å²) in [6.45, 7) is 2.37. The molecule has 1 atom stereocenters. The molecule has 1 N–H and O–H groups in total. The smallest absolute Gasteiger partial charge is 0.406 e. The summed E-state index contributed by atoms with van der Waals surface area (Å²) in [7, 11) is 0. The van der Waals surface area contributed by atoms with Crippen LogP contribution < -0.4 is 10.1 Å². The highest BCUT2D eigenvalue weighted by atomic mass is 19.4. The van der Waals surface area contributed by atoms with Crippen LogP contribution in [-0.4, -0.2) is 11.3 Å². The van der Waals surface area contributed by atoms with E-state index in [1.807, 2.05) is 25.1 Å². The summed E-state index contributed by atoms with van der Waals surface area (Å²) < 4.78 is 40.4. The number of alkyl halides is 3. The summed E-state index contributed by atoms with van der Waals surface area (Å²) in [5.74, 6) is -0.215. The Hall–Kier alpha value is -2.08. The number of pyridine rings is 1. The Bertz CT molecular complexity index is 573. The van der Waals surface area contributed by atoms with Crippen molar-refractivity contribution >= 4 is 0 Å². The molecule has 0 saturated heterocycles. The van der Waals surface area contributed by atoms with Crippen molar-refractivity contribution in [2.45, 2.75) is 25.9 Å². The van der Waals surface area contributed by atoms with E-state index in [0.29, 0.717) is 12.1 Å². The van der Waals surface area contributed by atoms with Crippen LogP contribution in [0, 0.1) is 0 Å². The van der Waals surface area contributed by atoms with Crippen molar-refractivity contribution in [1.82, 2.24) is 10.3 Å². The van der Waals surface area contributed by atoms with Crippen molar-refractivity contribution in [2.24, 2.45) is 0 Å². The molecular formula is C15H15F3N2O. The van der Waals surface area contributed by atoms with E-state index >= 15 is 0 Å². The Kier molecular flexibility index (Phi) is 4.80. The van der Waals surface area contributed by atoms with Crippen LogP contribution in [0.3, 0.4) is 0 Å². The molecule has 2 rings (SSSR count). The number of hydrogen-bond donors (Lipinski definition) is 1. The second kappa shape index (κ2) is 6.58. The molecule has 1 aromatic carbocycles. The van der Waals surface area contributed by atoms with Gasteiger partial charge in [0.2, 0.25) is 0 Å². The highest BCUT2D eigenvalue weighted by molar-refractivity contribution is 5.28. The second-order valence-corrected chi connectivity index (χ2v) is 4.55. The van der Waals surface area contributed by atoms with Gasteiger partial charge < -0.3 is 10.1 Å². The van der Waals surface area contributed by atoms with E-state index in [4.69, 9.17) is 0 Å². The van der Waals surface area contributed by atoms with Gasteiger partial charge in [-0.05, 0) is 36.8 Å². The first-order chi connectivity index (χ1) is 9.94.